The molecule has 0 aliphatic carbocycles. The summed E-state index contributed by atoms with van der Waals surface area (Å²) in [6, 6.07) is 5.64. The van der Waals surface area contributed by atoms with Crippen LogP contribution in [-0.4, -0.2) is 47.8 Å². The number of hydrogen-bond donors (Lipinski definition) is 0. The van der Waals surface area contributed by atoms with Gasteiger partial charge in [0.05, 0.1) is 31.0 Å². The summed E-state index contributed by atoms with van der Waals surface area (Å²) in [6.07, 6.45) is 8.09. The van der Waals surface area contributed by atoms with Crippen LogP contribution in [0.5, 0.6) is 5.75 Å². The van der Waals surface area contributed by atoms with Crippen LogP contribution in [0.2, 0.25) is 0 Å². The Hall–Kier alpha value is -3.02. The molecule has 0 radical (unpaired) electrons. The Balaban J connectivity index is 1.95. The van der Waals surface area contributed by atoms with Crippen LogP contribution in [0.4, 0.5) is 4.79 Å². The van der Waals surface area contributed by atoms with Crippen molar-refractivity contribution >= 4 is 29.0 Å². The Kier molecular flexibility index (Phi) is 4.49. The molecule has 6 nitrogen and oxygen atoms in total. The molecule has 1 aromatic carbocycles. The predicted molar refractivity (Wildman–Crippen MR) is 108 cm³/mol. The Bertz CT molecular complexity index is 1000. The number of nitrogens with zero attached hydrogens (tertiary/aromatic N) is 2. The van der Waals surface area contributed by atoms with Gasteiger partial charge in [0.2, 0.25) is 5.91 Å². The molecule has 28 heavy (non-hydrogen) atoms. The zero-order valence-electron chi connectivity index (χ0n) is 16.2. The maximum atomic E-state index is 12.6. The average molecular weight is 380 g/mol. The second kappa shape index (κ2) is 6.86. The van der Waals surface area contributed by atoms with Crippen LogP contribution in [-0.2, 0) is 16.0 Å². The second-order valence-electron chi connectivity index (χ2n) is 7.28. The SMILES string of the molecule is C=CC[C@@]12/C=C\c3c(c4cc(OC)ccc4n3C(=O)OC)CCN1C(=O)CC2. The lowest BCUT2D eigenvalue weighted by atomic mass is 9.89. The molecule has 1 amide bonds. The third-order valence-electron chi connectivity index (χ3n) is 5.92. The van der Waals surface area contributed by atoms with Gasteiger partial charge in [0.25, 0.3) is 0 Å². The van der Waals surface area contributed by atoms with E-state index in [0.717, 1.165) is 34.3 Å². The van der Waals surface area contributed by atoms with Gasteiger partial charge in [-0.15, -0.1) is 6.58 Å². The number of rotatable bonds is 3. The monoisotopic (exact) mass is 380 g/mol. The molecule has 2 aromatic rings. The van der Waals surface area contributed by atoms with E-state index >= 15 is 0 Å². The van der Waals surface area contributed by atoms with Crippen molar-refractivity contribution in [1.29, 1.82) is 0 Å². The van der Waals surface area contributed by atoms with Gasteiger partial charge in [0.15, 0.2) is 0 Å². The first-order chi connectivity index (χ1) is 13.5. The third kappa shape index (κ3) is 2.63. The minimum atomic E-state index is -0.432. The first kappa shape index (κ1) is 18.3. The Morgan fingerprint density at radius 1 is 1.32 bits per heavy atom. The summed E-state index contributed by atoms with van der Waals surface area (Å²) < 4.78 is 12.0. The molecule has 0 unspecified atom stereocenters. The molecule has 1 atom stereocenters. The Morgan fingerprint density at radius 2 is 2.14 bits per heavy atom. The molecule has 0 saturated carbocycles. The highest BCUT2D eigenvalue weighted by atomic mass is 16.5. The molecule has 146 valence electrons. The summed E-state index contributed by atoms with van der Waals surface area (Å²) in [5.41, 5.74) is 2.22. The first-order valence-corrected chi connectivity index (χ1v) is 9.45. The van der Waals surface area contributed by atoms with Crippen LogP contribution in [0.3, 0.4) is 0 Å². The lowest BCUT2D eigenvalue weighted by Crippen LogP contribution is -2.45. The van der Waals surface area contributed by atoms with Gasteiger partial charge in [0, 0.05) is 18.4 Å². The number of benzene rings is 1. The summed E-state index contributed by atoms with van der Waals surface area (Å²) in [6.45, 7) is 4.48. The summed E-state index contributed by atoms with van der Waals surface area (Å²) in [5, 5.41) is 0.937. The van der Waals surface area contributed by atoms with Crippen molar-refractivity contribution in [3.63, 3.8) is 0 Å². The number of hydrogen-bond acceptors (Lipinski definition) is 4. The van der Waals surface area contributed by atoms with E-state index in [1.807, 2.05) is 35.3 Å². The number of amides is 1. The molecule has 3 heterocycles. The highest BCUT2D eigenvalue weighted by molar-refractivity contribution is 5.97. The van der Waals surface area contributed by atoms with E-state index in [1.54, 1.807) is 11.7 Å². The minimum Gasteiger partial charge on any atom is -0.497 e. The predicted octanol–water partition coefficient (Wildman–Crippen LogP) is 3.77. The van der Waals surface area contributed by atoms with Crippen LogP contribution >= 0.6 is 0 Å². The lowest BCUT2D eigenvalue weighted by Gasteiger charge is -2.37. The van der Waals surface area contributed by atoms with E-state index in [-0.39, 0.29) is 11.4 Å². The van der Waals surface area contributed by atoms with E-state index in [4.69, 9.17) is 9.47 Å². The first-order valence-electron chi connectivity index (χ1n) is 9.45. The van der Waals surface area contributed by atoms with Crippen LogP contribution in [0.1, 0.15) is 30.5 Å². The lowest BCUT2D eigenvalue weighted by molar-refractivity contribution is -0.130. The molecule has 1 saturated heterocycles. The van der Waals surface area contributed by atoms with Crippen molar-refractivity contribution in [1.82, 2.24) is 9.47 Å². The fourth-order valence-corrected chi connectivity index (χ4v) is 4.56. The summed E-state index contributed by atoms with van der Waals surface area (Å²) >= 11 is 0. The van der Waals surface area contributed by atoms with Crippen molar-refractivity contribution in [2.75, 3.05) is 20.8 Å². The zero-order valence-corrected chi connectivity index (χ0v) is 16.2. The van der Waals surface area contributed by atoms with Gasteiger partial charge >= 0.3 is 6.09 Å². The van der Waals surface area contributed by atoms with Gasteiger partial charge in [0.1, 0.15) is 5.75 Å². The average Bonchev–Trinajstić information content (AvgIpc) is 3.16. The highest BCUT2D eigenvalue weighted by Crippen LogP contribution is 2.39. The van der Waals surface area contributed by atoms with Crippen LogP contribution in [0.15, 0.2) is 36.9 Å². The van der Waals surface area contributed by atoms with Gasteiger partial charge in [-0.1, -0.05) is 12.2 Å². The molecule has 4 rings (SSSR count). The second-order valence-corrected chi connectivity index (χ2v) is 7.28. The number of carbonyl (C=O) groups excluding carboxylic acids is 2. The van der Waals surface area contributed by atoms with E-state index in [1.165, 1.54) is 7.11 Å². The highest BCUT2D eigenvalue weighted by Gasteiger charge is 2.43. The van der Waals surface area contributed by atoms with Gasteiger partial charge in [-0.25, -0.2) is 9.36 Å². The van der Waals surface area contributed by atoms with E-state index in [9.17, 15) is 9.59 Å². The van der Waals surface area contributed by atoms with Crippen LogP contribution in [0, 0.1) is 0 Å². The van der Waals surface area contributed by atoms with Crippen molar-refractivity contribution in [3.8, 4) is 5.75 Å². The number of carbonyl (C=O) groups is 2. The number of aromatic nitrogens is 1. The quantitative estimate of drug-likeness (QED) is 0.761. The van der Waals surface area contributed by atoms with E-state index in [2.05, 4.69) is 12.7 Å². The fourth-order valence-electron chi connectivity index (χ4n) is 4.56. The number of ether oxygens (including phenoxy) is 2. The molecular formula is C22H24N2O4. The summed E-state index contributed by atoms with van der Waals surface area (Å²) in [7, 11) is 3.00. The van der Waals surface area contributed by atoms with Crippen LogP contribution in [0.25, 0.3) is 17.0 Å². The molecule has 0 N–H and O–H groups in total. The van der Waals surface area contributed by atoms with Gasteiger partial charge in [-0.05, 0) is 49.1 Å². The third-order valence-corrected chi connectivity index (χ3v) is 5.92. The number of methoxy groups -OCH3 is 2. The molecule has 0 spiro atoms. The maximum absolute atomic E-state index is 12.6. The van der Waals surface area contributed by atoms with Gasteiger partial charge < -0.3 is 14.4 Å². The molecule has 2 aliphatic rings. The molecule has 1 fully saturated rings. The molecule has 6 heteroatoms. The van der Waals surface area contributed by atoms with Gasteiger partial charge in [-0.3, -0.25) is 4.79 Å². The Morgan fingerprint density at radius 3 is 2.86 bits per heavy atom. The minimum absolute atomic E-state index is 0.171. The Labute approximate surface area is 164 Å². The van der Waals surface area contributed by atoms with Crippen molar-refractivity contribution in [2.45, 2.75) is 31.2 Å². The maximum Gasteiger partial charge on any atom is 0.418 e. The largest absolute Gasteiger partial charge is 0.497 e. The molecule has 0 bridgehead atoms. The van der Waals surface area contributed by atoms with Crippen molar-refractivity contribution < 1.29 is 19.1 Å². The van der Waals surface area contributed by atoms with E-state index in [0.29, 0.717) is 25.8 Å². The summed E-state index contributed by atoms with van der Waals surface area (Å²) in [5.74, 6) is 0.894. The fraction of sp³-hybridized carbons (Fsp3) is 0.364. The topological polar surface area (TPSA) is 60.8 Å². The standard InChI is InChI=1S/C22H24N2O4/c1-4-10-22-11-7-19-16(9-13-23(22)20(25)8-12-22)17-14-15(27-2)5-6-18(17)24(19)21(26)28-3/h4-7,11,14H,1,8-10,12-13H2,2-3H3/b11-7-/t22-/m0/s1. The normalized spacial score (nSPS) is 22.2. The molecule has 2 aliphatic heterocycles. The molecule has 1 aromatic heterocycles. The van der Waals surface area contributed by atoms with Crippen molar-refractivity contribution in [3.05, 3.63) is 48.2 Å². The van der Waals surface area contributed by atoms with Crippen molar-refractivity contribution in [2.24, 2.45) is 0 Å². The van der Waals surface area contributed by atoms with Crippen LogP contribution < -0.4 is 4.74 Å². The van der Waals surface area contributed by atoms with Gasteiger partial charge in [-0.2, -0.15) is 0 Å². The zero-order chi connectivity index (χ0) is 19.9. The molecular weight excluding hydrogens is 356 g/mol. The smallest absolute Gasteiger partial charge is 0.418 e. The van der Waals surface area contributed by atoms with E-state index < -0.39 is 6.09 Å². The summed E-state index contributed by atoms with van der Waals surface area (Å²) in [4.78, 5) is 27.1. The number of fused-ring (bicyclic) bond motifs is 4.